The normalized spacial score (nSPS) is 10.2. The molecular weight excluding hydrogens is 316 g/mol. The van der Waals surface area contributed by atoms with Crippen LogP contribution in [0.3, 0.4) is 0 Å². The number of benzene rings is 2. The number of nitroso groups, excluding NO2 is 1. The molecule has 0 unspecified atom stereocenters. The highest BCUT2D eigenvalue weighted by molar-refractivity contribution is 5.75. The van der Waals surface area contributed by atoms with Gasteiger partial charge in [0.25, 0.3) is 0 Å². The van der Waals surface area contributed by atoms with E-state index in [9.17, 15) is 4.91 Å². The lowest BCUT2D eigenvalue weighted by molar-refractivity contribution is 0.479. The van der Waals surface area contributed by atoms with Gasteiger partial charge >= 0.3 is 0 Å². The van der Waals surface area contributed by atoms with E-state index in [2.05, 4.69) is 15.6 Å². The molecular formula is C19H18N4O2. The van der Waals surface area contributed by atoms with Gasteiger partial charge in [0.15, 0.2) is 0 Å². The van der Waals surface area contributed by atoms with Crippen molar-refractivity contribution in [2.45, 2.75) is 6.92 Å². The monoisotopic (exact) mass is 334 g/mol. The molecule has 2 aromatic carbocycles. The highest BCUT2D eigenvalue weighted by Crippen LogP contribution is 2.34. The number of ether oxygens (including phenoxy) is 1. The molecule has 0 saturated heterocycles. The van der Waals surface area contributed by atoms with Gasteiger partial charge in [0.05, 0.1) is 22.9 Å². The maximum Gasteiger partial charge on any atom is 0.130 e. The quantitative estimate of drug-likeness (QED) is 0.505. The third kappa shape index (κ3) is 3.58. The molecule has 0 radical (unpaired) electrons. The zero-order valence-electron chi connectivity index (χ0n) is 14.0. The molecule has 0 spiro atoms. The van der Waals surface area contributed by atoms with Crippen molar-refractivity contribution < 1.29 is 4.74 Å². The van der Waals surface area contributed by atoms with Crippen molar-refractivity contribution in [2.75, 3.05) is 17.4 Å². The van der Waals surface area contributed by atoms with Crippen molar-refractivity contribution in [1.82, 2.24) is 4.98 Å². The zero-order chi connectivity index (χ0) is 17.6. The van der Waals surface area contributed by atoms with Gasteiger partial charge in [-0.05, 0) is 36.8 Å². The molecule has 0 amide bonds. The molecule has 1 N–H and O–H groups in total. The van der Waals surface area contributed by atoms with Crippen LogP contribution in [0, 0.1) is 11.8 Å². The van der Waals surface area contributed by atoms with Crippen LogP contribution in [0.4, 0.5) is 17.1 Å². The van der Waals surface area contributed by atoms with E-state index in [1.165, 1.54) is 5.01 Å². The summed E-state index contributed by atoms with van der Waals surface area (Å²) in [6, 6.07) is 16.7. The highest BCUT2D eigenvalue weighted by atomic mass is 16.5. The summed E-state index contributed by atoms with van der Waals surface area (Å²) in [6.45, 7) is 1.98. The number of aromatic nitrogens is 1. The molecule has 126 valence electrons. The van der Waals surface area contributed by atoms with Crippen LogP contribution in [0.25, 0.3) is 0 Å². The van der Waals surface area contributed by atoms with Gasteiger partial charge in [-0.15, -0.1) is 4.91 Å². The number of hydrogen-bond donors (Lipinski definition) is 1. The number of rotatable bonds is 6. The number of para-hydroxylation sites is 1. The molecule has 6 heteroatoms. The van der Waals surface area contributed by atoms with Gasteiger partial charge in [0.2, 0.25) is 0 Å². The number of nitrogens with zero attached hydrogens (tertiary/aromatic N) is 3. The van der Waals surface area contributed by atoms with Gasteiger partial charge in [-0.25, -0.2) is 0 Å². The fraction of sp³-hybridized carbons (Fsp3) is 0.105. The standard InChI is InChI=1S/C19H18N4O2/c1-14-6-3-4-9-19(14)25-16-8-5-7-15(12-16)23(22-24)18-13-21-11-10-17(18)20-2/h3-13H,1-2H3,(H,20,21). The Morgan fingerprint density at radius 1 is 1.12 bits per heavy atom. The van der Waals surface area contributed by atoms with E-state index < -0.39 is 0 Å². The van der Waals surface area contributed by atoms with Gasteiger partial charge in [-0.2, -0.15) is 5.01 Å². The average molecular weight is 334 g/mol. The Morgan fingerprint density at radius 2 is 1.96 bits per heavy atom. The van der Waals surface area contributed by atoms with Crippen LogP contribution in [0.5, 0.6) is 11.5 Å². The average Bonchev–Trinajstić information content (AvgIpc) is 2.65. The number of aryl methyl sites for hydroxylation is 1. The SMILES string of the molecule is CNc1ccncc1N(N=O)c1cccc(Oc2ccccc2C)c1. The number of nitrogens with one attached hydrogen (secondary N) is 1. The summed E-state index contributed by atoms with van der Waals surface area (Å²) in [7, 11) is 1.78. The van der Waals surface area contributed by atoms with Gasteiger partial charge in [-0.1, -0.05) is 24.3 Å². The molecule has 25 heavy (non-hydrogen) atoms. The van der Waals surface area contributed by atoms with Gasteiger partial charge in [0, 0.05) is 19.3 Å². The molecule has 0 aliphatic carbocycles. The largest absolute Gasteiger partial charge is 0.457 e. The van der Waals surface area contributed by atoms with Gasteiger partial charge < -0.3 is 10.1 Å². The molecule has 6 nitrogen and oxygen atoms in total. The third-order valence-electron chi connectivity index (χ3n) is 3.76. The van der Waals surface area contributed by atoms with E-state index in [4.69, 9.17) is 4.74 Å². The zero-order valence-corrected chi connectivity index (χ0v) is 14.0. The first-order valence-electron chi connectivity index (χ1n) is 7.81. The van der Waals surface area contributed by atoms with Crippen molar-refractivity contribution in [1.29, 1.82) is 0 Å². The first-order chi connectivity index (χ1) is 12.2. The maximum absolute atomic E-state index is 11.5. The lowest BCUT2D eigenvalue weighted by atomic mass is 10.2. The Hall–Kier alpha value is -3.41. The minimum atomic E-state index is 0.563. The molecule has 0 atom stereocenters. The molecule has 0 saturated carbocycles. The fourth-order valence-electron chi connectivity index (χ4n) is 2.47. The molecule has 0 aliphatic heterocycles. The summed E-state index contributed by atoms with van der Waals surface area (Å²) in [4.78, 5) is 15.6. The lowest BCUT2D eigenvalue weighted by Crippen LogP contribution is -2.10. The van der Waals surface area contributed by atoms with E-state index in [0.29, 0.717) is 17.1 Å². The van der Waals surface area contributed by atoms with Crippen molar-refractivity contribution in [3.05, 3.63) is 77.5 Å². The summed E-state index contributed by atoms with van der Waals surface area (Å²) in [5.41, 5.74) is 2.93. The second-order valence-corrected chi connectivity index (χ2v) is 5.40. The minimum absolute atomic E-state index is 0.563. The summed E-state index contributed by atoms with van der Waals surface area (Å²) >= 11 is 0. The maximum atomic E-state index is 11.5. The summed E-state index contributed by atoms with van der Waals surface area (Å²) in [6.07, 6.45) is 3.23. The Bertz CT molecular complexity index is 883. The van der Waals surface area contributed by atoms with Crippen molar-refractivity contribution in [2.24, 2.45) is 5.29 Å². The van der Waals surface area contributed by atoms with Gasteiger partial charge in [0.1, 0.15) is 17.2 Å². The van der Waals surface area contributed by atoms with Crippen molar-refractivity contribution in [3.8, 4) is 11.5 Å². The summed E-state index contributed by atoms with van der Waals surface area (Å²) in [5, 5.41) is 7.46. The van der Waals surface area contributed by atoms with E-state index in [0.717, 1.165) is 17.0 Å². The van der Waals surface area contributed by atoms with Crippen LogP contribution in [0.1, 0.15) is 5.56 Å². The van der Waals surface area contributed by atoms with Gasteiger partial charge in [-0.3, -0.25) is 4.98 Å². The first kappa shape index (κ1) is 16.4. The van der Waals surface area contributed by atoms with Crippen LogP contribution in [-0.4, -0.2) is 12.0 Å². The van der Waals surface area contributed by atoms with Crippen LogP contribution in [0.2, 0.25) is 0 Å². The molecule has 1 heterocycles. The molecule has 1 aromatic heterocycles. The lowest BCUT2D eigenvalue weighted by Gasteiger charge is -2.19. The Balaban J connectivity index is 1.94. The van der Waals surface area contributed by atoms with Crippen LogP contribution in [-0.2, 0) is 0 Å². The van der Waals surface area contributed by atoms with Crippen molar-refractivity contribution >= 4 is 17.1 Å². The summed E-state index contributed by atoms with van der Waals surface area (Å²) < 4.78 is 5.94. The topological polar surface area (TPSA) is 66.8 Å². The second kappa shape index (κ2) is 7.44. The first-order valence-corrected chi connectivity index (χ1v) is 7.81. The smallest absolute Gasteiger partial charge is 0.130 e. The summed E-state index contributed by atoms with van der Waals surface area (Å²) in [5.74, 6) is 1.39. The number of hydrogen-bond acceptors (Lipinski definition) is 5. The highest BCUT2D eigenvalue weighted by Gasteiger charge is 2.15. The predicted octanol–water partition coefficient (Wildman–Crippen LogP) is 5.04. The molecule has 0 bridgehead atoms. The minimum Gasteiger partial charge on any atom is -0.457 e. The van der Waals surface area contributed by atoms with E-state index in [1.807, 2.05) is 43.3 Å². The third-order valence-corrected chi connectivity index (χ3v) is 3.76. The van der Waals surface area contributed by atoms with E-state index in [-0.39, 0.29) is 0 Å². The van der Waals surface area contributed by atoms with E-state index in [1.54, 1.807) is 37.6 Å². The molecule has 0 aliphatic rings. The Labute approximate surface area is 146 Å². The molecule has 3 rings (SSSR count). The molecule has 3 aromatic rings. The number of anilines is 3. The Morgan fingerprint density at radius 3 is 2.72 bits per heavy atom. The fourth-order valence-corrected chi connectivity index (χ4v) is 2.47. The predicted molar refractivity (Wildman–Crippen MR) is 99.4 cm³/mol. The van der Waals surface area contributed by atoms with Crippen LogP contribution >= 0.6 is 0 Å². The van der Waals surface area contributed by atoms with Crippen LogP contribution < -0.4 is 15.1 Å². The van der Waals surface area contributed by atoms with Crippen molar-refractivity contribution in [3.63, 3.8) is 0 Å². The Kier molecular flexibility index (Phi) is 4.89. The molecule has 0 fully saturated rings. The van der Waals surface area contributed by atoms with E-state index >= 15 is 0 Å². The number of pyridine rings is 1. The van der Waals surface area contributed by atoms with Crippen LogP contribution in [0.15, 0.2) is 72.3 Å². The second-order valence-electron chi connectivity index (χ2n) is 5.40.